The zero-order chi connectivity index (χ0) is 10.2. The Morgan fingerprint density at radius 2 is 1.15 bits per heavy atom. The van der Waals surface area contributed by atoms with Crippen molar-refractivity contribution in [3.8, 4) is 0 Å². The molecule has 0 aliphatic carbocycles. The van der Waals surface area contributed by atoms with Crippen LogP contribution in [-0.2, 0) is 9.59 Å². The number of hydrogen-bond donors (Lipinski definition) is 2. The first-order valence-electron chi connectivity index (χ1n) is 3.61. The van der Waals surface area contributed by atoms with Gasteiger partial charge in [-0.05, 0) is 12.3 Å². The summed E-state index contributed by atoms with van der Waals surface area (Å²) in [5.74, 6) is -2.61. The Balaban J connectivity index is 0. The SMILES string of the molecule is CC(C)(C)C(C)(C(=O)O)C(=O)O.[NaH]. The van der Waals surface area contributed by atoms with Gasteiger partial charge in [0.25, 0.3) is 0 Å². The molecule has 13 heavy (non-hydrogen) atoms. The minimum absolute atomic E-state index is 0. The van der Waals surface area contributed by atoms with E-state index in [0.29, 0.717) is 0 Å². The average molecular weight is 198 g/mol. The number of carboxylic acid groups (broad SMARTS) is 2. The molecule has 0 aliphatic rings. The van der Waals surface area contributed by atoms with Crippen LogP contribution in [0.15, 0.2) is 0 Å². The van der Waals surface area contributed by atoms with Crippen LogP contribution in [0.3, 0.4) is 0 Å². The van der Waals surface area contributed by atoms with Crippen LogP contribution in [0.4, 0.5) is 0 Å². The number of aliphatic carboxylic acids is 2. The summed E-state index contributed by atoms with van der Waals surface area (Å²) >= 11 is 0. The first-order chi connectivity index (χ1) is 5.14. The molecule has 0 aromatic heterocycles. The van der Waals surface area contributed by atoms with Gasteiger partial charge in [-0.25, -0.2) is 0 Å². The standard InChI is InChI=1S/C8H14O4.Na.H/c1-7(2,3)8(4,5(9)10)6(11)12;;/h1-4H3,(H,9,10)(H,11,12);;. The van der Waals surface area contributed by atoms with Crippen molar-refractivity contribution in [2.45, 2.75) is 27.7 Å². The molecule has 0 saturated heterocycles. The van der Waals surface area contributed by atoms with Crippen molar-refractivity contribution in [3.05, 3.63) is 0 Å². The molecular formula is C8H15NaO4. The molecule has 72 valence electrons. The number of carbonyl (C=O) groups is 2. The van der Waals surface area contributed by atoms with E-state index in [-0.39, 0.29) is 29.6 Å². The van der Waals surface area contributed by atoms with Crippen LogP contribution in [0, 0.1) is 10.8 Å². The van der Waals surface area contributed by atoms with Gasteiger partial charge in [0.2, 0.25) is 0 Å². The first-order valence-corrected chi connectivity index (χ1v) is 3.61. The summed E-state index contributed by atoms with van der Waals surface area (Å²) in [6.07, 6.45) is 0. The molecule has 0 radical (unpaired) electrons. The van der Waals surface area contributed by atoms with Crippen LogP contribution in [0.25, 0.3) is 0 Å². The molecule has 0 aliphatic heterocycles. The van der Waals surface area contributed by atoms with Gasteiger partial charge in [-0.2, -0.15) is 0 Å². The van der Waals surface area contributed by atoms with Crippen LogP contribution < -0.4 is 0 Å². The Morgan fingerprint density at radius 3 is 1.15 bits per heavy atom. The van der Waals surface area contributed by atoms with Gasteiger partial charge in [-0.1, -0.05) is 20.8 Å². The van der Waals surface area contributed by atoms with Gasteiger partial charge in [0.1, 0.15) is 0 Å². The Morgan fingerprint density at radius 1 is 0.923 bits per heavy atom. The zero-order valence-corrected chi connectivity index (χ0v) is 7.71. The molecule has 0 aromatic rings. The summed E-state index contributed by atoms with van der Waals surface area (Å²) < 4.78 is 0. The van der Waals surface area contributed by atoms with Crippen molar-refractivity contribution in [3.63, 3.8) is 0 Å². The molecule has 0 saturated carbocycles. The third-order valence-corrected chi connectivity index (χ3v) is 2.36. The predicted molar refractivity (Wildman–Crippen MR) is 50.0 cm³/mol. The van der Waals surface area contributed by atoms with E-state index in [1.165, 1.54) is 6.92 Å². The monoisotopic (exact) mass is 198 g/mol. The van der Waals surface area contributed by atoms with Crippen molar-refractivity contribution < 1.29 is 19.8 Å². The zero-order valence-electron chi connectivity index (χ0n) is 7.71. The van der Waals surface area contributed by atoms with Crippen LogP contribution >= 0.6 is 0 Å². The molecule has 0 aromatic carbocycles. The molecule has 0 fully saturated rings. The summed E-state index contributed by atoms with van der Waals surface area (Å²) in [6, 6.07) is 0. The third kappa shape index (κ3) is 2.69. The molecule has 0 rings (SSSR count). The summed E-state index contributed by atoms with van der Waals surface area (Å²) in [5, 5.41) is 17.5. The molecular weight excluding hydrogens is 183 g/mol. The Hall–Kier alpha value is -0.0600. The first kappa shape index (κ1) is 15.4. The van der Waals surface area contributed by atoms with E-state index < -0.39 is 22.8 Å². The van der Waals surface area contributed by atoms with E-state index in [1.54, 1.807) is 20.8 Å². The third-order valence-electron chi connectivity index (χ3n) is 2.36. The molecule has 0 amide bonds. The maximum atomic E-state index is 10.7. The van der Waals surface area contributed by atoms with E-state index in [1.807, 2.05) is 0 Å². The van der Waals surface area contributed by atoms with Crippen LogP contribution in [0.5, 0.6) is 0 Å². The van der Waals surface area contributed by atoms with Crippen LogP contribution in [0.2, 0.25) is 0 Å². The van der Waals surface area contributed by atoms with E-state index >= 15 is 0 Å². The number of carboxylic acids is 2. The summed E-state index contributed by atoms with van der Waals surface area (Å²) in [5.41, 5.74) is -2.53. The van der Waals surface area contributed by atoms with Gasteiger partial charge in [0.05, 0.1) is 0 Å². The van der Waals surface area contributed by atoms with Gasteiger partial charge in [0.15, 0.2) is 5.41 Å². The molecule has 5 heteroatoms. The predicted octanol–water partition coefficient (Wildman–Crippen LogP) is 0.559. The molecule has 0 heterocycles. The molecule has 0 bridgehead atoms. The molecule has 0 unspecified atom stereocenters. The van der Waals surface area contributed by atoms with Gasteiger partial charge < -0.3 is 10.2 Å². The maximum absolute atomic E-state index is 10.7. The molecule has 2 N–H and O–H groups in total. The minimum atomic E-state index is -1.73. The second-order valence-corrected chi connectivity index (χ2v) is 3.99. The topological polar surface area (TPSA) is 74.6 Å². The van der Waals surface area contributed by atoms with Gasteiger partial charge in [-0.3, -0.25) is 9.59 Å². The van der Waals surface area contributed by atoms with Crippen LogP contribution in [0.1, 0.15) is 27.7 Å². The van der Waals surface area contributed by atoms with E-state index in [2.05, 4.69) is 0 Å². The van der Waals surface area contributed by atoms with Gasteiger partial charge in [0, 0.05) is 0 Å². The second-order valence-electron chi connectivity index (χ2n) is 3.99. The van der Waals surface area contributed by atoms with Crippen molar-refractivity contribution in [1.82, 2.24) is 0 Å². The molecule has 0 atom stereocenters. The summed E-state index contributed by atoms with van der Waals surface area (Å²) in [4.78, 5) is 21.5. The average Bonchev–Trinajstić information content (AvgIpc) is 1.82. The number of hydrogen-bond acceptors (Lipinski definition) is 2. The fourth-order valence-electron chi connectivity index (χ4n) is 0.733. The van der Waals surface area contributed by atoms with Crippen molar-refractivity contribution in [2.24, 2.45) is 10.8 Å². The normalized spacial score (nSPS) is 11.7. The van der Waals surface area contributed by atoms with E-state index in [9.17, 15) is 9.59 Å². The Bertz CT molecular complexity index is 203. The van der Waals surface area contributed by atoms with Gasteiger partial charge >= 0.3 is 41.5 Å². The second kappa shape index (κ2) is 4.44. The van der Waals surface area contributed by atoms with Crippen molar-refractivity contribution in [1.29, 1.82) is 0 Å². The van der Waals surface area contributed by atoms with Crippen molar-refractivity contribution >= 4 is 41.5 Å². The fraction of sp³-hybridized carbons (Fsp3) is 0.750. The van der Waals surface area contributed by atoms with Gasteiger partial charge in [-0.15, -0.1) is 0 Å². The Kier molecular flexibility index (Phi) is 5.26. The summed E-state index contributed by atoms with van der Waals surface area (Å²) in [6.45, 7) is 6.00. The summed E-state index contributed by atoms with van der Waals surface area (Å²) in [7, 11) is 0. The van der Waals surface area contributed by atoms with E-state index in [4.69, 9.17) is 10.2 Å². The molecule has 0 spiro atoms. The van der Waals surface area contributed by atoms with Crippen molar-refractivity contribution in [2.75, 3.05) is 0 Å². The molecule has 4 nitrogen and oxygen atoms in total. The number of rotatable bonds is 2. The Labute approximate surface area is 99.6 Å². The quantitative estimate of drug-likeness (QED) is 0.502. The van der Waals surface area contributed by atoms with Crippen LogP contribution in [-0.4, -0.2) is 51.7 Å². The fourth-order valence-corrected chi connectivity index (χ4v) is 0.733. The van der Waals surface area contributed by atoms with E-state index in [0.717, 1.165) is 0 Å².